The number of Topliss-reactive ketones (excluding diaryl/α,β-unsaturated/α-hetero) is 1. The molecule has 0 fully saturated rings. The van der Waals surface area contributed by atoms with Gasteiger partial charge in [0.25, 0.3) is 5.91 Å². The standard InChI is InChI=1S/C18H15ClN2O3/c1-11(22)14-4-6-15(7-5-14)21-18(23)12(2)24-17-8-3-13(10-20)9-16(17)19/h3-9,12H,1-2H3,(H,21,23)/t12-/m0/s1. The number of nitrogens with one attached hydrogen (secondary N) is 1. The third-order valence-corrected chi connectivity index (χ3v) is 3.59. The van der Waals surface area contributed by atoms with Gasteiger partial charge in [-0.15, -0.1) is 0 Å². The molecule has 122 valence electrons. The minimum absolute atomic E-state index is 0.0416. The van der Waals surface area contributed by atoms with E-state index < -0.39 is 6.10 Å². The van der Waals surface area contributed by atoms with Crippen LogP contribution in [0.1, 0.15) is 29.8 Å². The van der Waals surface area contributed by atoms with E-state index in [2.05, 4.69) is 5.32 Å². The lowest BCUT2D eigenvalue weighted by atomic mass is 10.1. The number of ketones is 1. The predicted octanol–water partition coefficient (Wildman–Crippen LogP) is 3.82. The molecule has 2 aromatic carbocycles. The number of amides is 1. The van der Waals surface area contributed by atoms with E-state index >= 15 is 0 Å². The second kappa shape index (κ2) is 7.62. The van der Waals surface area contributed by atoms with E-state index in [-0.39, 0.29) is 16.7 Å². The van der Waals surface area contributed by atoms with Gasteiger partial charge >= 0.3 is 0 Å². The van der Waals surface area contributed by atoms with Gasteiger partial charge in [0.15, 0.2) is 11.9 Å². The van der Waals surface area contributed by atoms with Gasteiger partial charge in [0.05, 0.1) is 16.7 Å². The van der Waals surface area contributed by atoms with Crippen molar-refractivity contribution in [3.8, 4) is 11.8 Å². The molecular formula is C18H15ClN2O3. The Hall–Kier alpha value is -2.84. The molecule has 0 aromatic heterocycles. The molecule has 1 N–H and O–H groups in total. The number of carbonyl (C=O) groups is 2. The summed E-state index contributed by atoms with van der Waals surface area (Å²) in [5.74, 6) is -0.0729. The Bertz CT molecular complexity index is 810. The summed E-state index contributed by atoms with van der Waals surface area (Å²) in [5, 5.41) is 11.8. The third kappa shape index (κ3) is 4.34. The van der Waals surface area contributed by atoms with Gasteiger partial charge in [-0.1, -0.05) is 11.6 Å². The number of rotatable bonds is 5. The average molecular weight is 343 g/mol. The minimum atomic E-state index is -0.789. The number of nitriles is 1. The average Bonchev–Trinajstić information content (AvgIpc) is 2.57. The predicted molar refractivity (Wildman–Crippen MR) is 91.3 cm³/mol. The number of halogens is 1. The highest BCUT2D eigenvalue weighted by molar-refractivity contribution is 6.32. The van der Waals surface area contributed by atoms with Crippen LogP contribution < -0.4 is 10.1 Å². The van der Waals surface area contributed by atoms with Gasteiger partial charge in [-0.05, 0) is 56.3 Å². The summed E-state index contributed by atoms with van der Waals surface area (Å²) in [6.07, 6.45) is -0.789. The third-order valence-electron chi connectivity index (χ3n) is 3.29. The summed E-state index contributed by atoms with van der Waals surface area (Å²) in [4.78, 5) is 23.4. The first-order chi connectivity index (χ1) is 11.4. The summed E-state index contributed by atoms with van der Waals surface area (Å²) < 4.78 is 5.53. The van der Waals surface area contributed by atoms with Gasteiger partial charge < -0.3 is 10.1 Å². The molecule has 0 aliphatic carbocycles. The van der Waals surface area contributed by atoms with Crippen molar-refractivity contribution in [2.45, 2.75) is 20.0 Å². The molecule has 6 heteroatoms. The Labute approximate surface area is 144 Å². The molecule has 0 aliphatic rings. The number of hydrogen-bond acceptors (Lipinski definition) is 4. The largest absolute Gasteiger partial charge is 0.479 e. The number of anilines is 1. The van der Waals surface area contributed by atoms with Crippen molar-refractivity contribution in [1.29, 1.82) is 5.26 Å². The van der Waals surface area contributed by atoms with E-state index in [0.717, 1.165) is 0 Å². The van der Waals surface area contributed by atoms with Crippen molar-refractivity contribution >= 4 is 29.0 Å². The highest BCUT2D eigenvalue weighted by Gasteiger charge is 2.16. The smallest absolute Gasteiger partial charge is 0.265 e. The van der Waals surface area contributed by atoms with Crippen LogP contribution in [0.25, 0.3) is 0 Å². The summed E-state index contributed by atoms with van der Waals surface area (Å²) in [5.41, 5.74) is 1.54. The molecule has 2 aromatic rings. The van der Waals surface area contributed by atoms with E-state index in [1.807, 2.05) is 6.07 Å². The maximum absolute atomic E-state index is 12.2. The lowest BCUT2D eigenvalue weighted by Crippen LogP contribution is -2.30. The van der Waals surface area contributed by atoms with Crippen molar-refractivity contribution < 1.29 is 14.3 Å². The molecule has 0 radical (unpaired) electrons. The maximum Gasteiger partial charge on any atom is 0.265 e. The second-order valence-electron chi connectivity index (χ2n) is 5.14. The first-order valence-electron chi connectivity index (χ1n) is 7.19. The Morgan fingerprint density at radius 3 is 2.42 bits per heavy atom. The Morgan fingerprint density at radius 2 is 1.88 bits per heavy atom. The van der Waals surface area contributed by atoms with E-state index in [1.54, 1.807) is 43.3 Å². The van der Waals surface area contributed by atoms with Crippen LogP contribution in [0.15, 0.2) is 42.5 Å². The first kappa shape index (κ1) is 17.5. The van der Waals surface area contributed by atoms with Crippen LogP contribution in [0, 0.1) is 11.3 Å². The van der Waals surface area contributed by atoms with Crippen LogP contribution in [0.5, 0.6) is 5.75 Å². The highest BCUT2D eigenvalue weighted by Crippen LogP contribution is 2.26. The first-order valence-corrected chi connectivity index (χ1v) is 7.56. The van der Waals surface area contributed by atoms with E-state index in [1.165, 1.54) is 13.0 Å². The molecule has 0 aliphatic heterocycles. The van der Waals surface area contributed by atoms with E-state index in [0.29, 0.717) is 22.6 Å². The molecule has 0 heterocycles. The fourth-order valence-corrected chi connectivity index (χ4v) is 2.17. The summed E-state index contributed by atoms with van der Waals surface area (Å²) in [6, 6.07) is 13.1. The Kier molecular flexibility index (Phi) is 5.56. The van der Waals surface area contributed by atoms with Crippen molar-refractivity contribution in [3.05, 3.63) is 58.6 Å². The quantitative estimate of drug-likeness (QED) is 0.838. The summed E-state index contributed by atoms with van der Waals surface area (Å²) >= 11 is 6.02. The molecule has 5 nitrogen and oxygen atoms in total. The van der Waals surface area contributed by atoms with E-state index in [4.69, 9.17) is 21.6 Å². The Morgan fingerprint density at radius 1 is 1.21 bits per heavy atom. The maximum atomic E-state index is 12.2. The van der Waals surface area contributed by atoms with Crippen molar-refractivity contribution in [1.82, 2.24) is 0 Å². The number of nitrogens with zero attached hydrogens (tertiary/aromatic N) is 1. The van der Waals surface area contributed by atoms with Crippen molar-refractivity contribution in [2.24, 2.45) is 0 Å². The van der Waals surface area contributed by atoms with Crippen molar-refractivity contribution in [2.75, 3.05) is 5.32 Å². The molecule has 2 rings (SSSR count). The molecule has 1 amide bonds. The lowest BCUT2D eigenvalue weighted by Gasteiger charge is -2.16. The van der Waals surface area contributed by atoms with Gasteiger partial charge in [-0.3, -0.25) is 9.59 Å². The highest BCUT2D eigenvalue weighted by atomic mass is 35.5. The molecule has 0 unspecified atom stereocenters. The lowest BCUT2D eigenvalue weighted by molar-refractivity contribution is -0.122. The van der Waals surface area contributed by atoms with Gasteiger partial charge in [0, 0.05) is 11.3 Å². The molecule has 0 saturated heterocycles. The van der Waals surface area contributed by atoms with Gasteiger partial charge in [0.1, 0.15) is 5.75 Å². The number of hydrogen-bond donors (Lipinski definition) is 1. The van der Waals surface area contributed by atoms with Crippen LogP contribution in [0.4, 0.5) is 5.69 Å². The van der Waals surface area contributed by atoms with Crippen LogP contribution in [-0.2, 0) is 4.79 Å². The monoisotopic (exact) mass is 342 g/mol. The number of carbonyl (C=O) groups excluding carboxylic acids is 2. The van der Waals surface area contributed by atoms with Crippen LogP contribution in [0.2, 0.25) is 5.02 Å². The molecule has 1 atom stereocenters. The number of ether oxygens (including phenoxy) is 1. The molecule has 0 spiro atoms. The van der Waals surface area contributed by atoms with Gasteiger partial charge in [-0.2, -0.15) is 5.26 Å². The fourth-order valence-electron chi connectivity index (χ4n) is 1.94. The van der Waals surface area contributed by atoms with Gasteiger partial charge in [-0.25, -0.2) is 0 Å². The van der Waals surface area contributed by atoms with Gasteiger partial charge in [0.2, 0.25) is 0 Å². The van der Waals surface area contributed by atoms with Crippen LogP contribution >= 0.6 is 11.6 Å². The molecule has 0 bridgehead atoms. The fraction of sp³-hybridized carbons (Fsp3) is 0.167. The topological polar surface area (TPSA) is 79.2 Å². The minimum Gasteiger partial charge on any atom is -0.479 e. The zero-order valence-electron chi connectivity index (χ0n) is 13.2. The molecule has 0 saturated carbocycles. The molecular weight excluding hydrogens is 328 g/mol. The van der Waals surface area contributed by atoms with Crippen LogP contribution in [-0.4, -0.2) is 17.8 Å². The molecule has 24 heavy (non-hydrogen) atoms. The Balaban J connectivity index is 2.02. The summed E-state index contributed by atoms with van der Waals surface area (Å²) in [6.45, 7) is 3.07. The number of benzene rings is 2. The zero-order chi connectivity index (χ0) is 17.7. The normalized spacial score (nSPS) is 11.2. The summed E-state index contributed by atoms with van der Waals surface area (Å²) in [7, 11) is 0. The van der Waals surface area contributed by atoms with Crippen LogP contribution in [0.3, 0.4) is 0 Å². The SMILES string of the molecule is CC(=O)c1ccc(NC(=O)[C@H](C)Oc2ccc(C#N)cc2Cl)cc1. The van der Waals surface area contributed by atoms with E-state index in [9.17, 15) is 9.59 Å². The zero-order valence-corrected chi connectivity index (χ0v) is 13.9. The second-order valence-corrected chi connectivity index (χ2v) is 5.55. The van der Waals surface area contributed by atoms with Crippen molar-refractivity contribution in [3.63, 3.8) is 0 Å².